The van der Waals surface area contributed by atoms with Crippen LogP contribution in [0.2, 0.25) is 0 Å². The third-order valence-electron chi connectivity index (χ3n) is 2.80. The van der Waals surface area contributed by atoms with Crippen molar-refractivity contribution in [3.05, 3.63) is 6.33 Å². The third kappa shape index (κ3) is 2.30. The van der Waals surface area contributed by atoms with Crippen molar-refractivity contribution in [3.8, 4) is 5.88 Å². The van der Waals surface area contributed by atoms with Crippen LogP contribution >= 0.6 is 0 Å². The molecule has 0 saturated carbocycles. The van der Waals surface area contributed by atoms with Crippen LogP contribution in [0.15, 0.2) is 6.33 Å². The molecule has 0 saturated heterocycles. The first-order valence-electron chi connectivity index (χ1n) is 5.57. The summed E-state index contributed by atoms with van der Waals surface area (Å²) in [5, 5.41) is 6.02. The lowest BCUT2D eigenvalue weighted by atomic mass is 10.0. The summed E-state index contributed by atoms with van der Waals surface area (Å²) < 4.78 is 5.11. The molecule has 0 fully saturated rings. The predicted molar refractivity (Wildman–Crippen MR) is 64.1 cm³/mol. The van der Waals surface area contributed by atoms with Gasteiger partial charge in [0.1, 0.15) is 12.0 Å². The topological polar surface area (TPSA) is 76.1 Å². The summed E-state index contributed by atoms with van der Waals surface area (Å²) >= 11 is 0. The van der Waals surface area contributed by atoms with Crippen molar-refractivity contribution in [1.29, 1.82) is 0 Å². The Balaban J connectivity index is 2.40. The van der Waals surface area contributed by atoms with Crippen molar-refractivity contribution in [2.75, 3.05) is 17.7 Å². The van der Waals surface area contributed by atoms with Crippen molar-refractivity contribution in [1.82, 2.24) is 9.97 Å². The average molecular weight is 236 g/mol. The molecule has 17 heavy (non-hydrogen) atoms. The number of hydrogen-bond acceptors (Lipinski definition) is 5. The molecule has 0 aliphatic carbocycles. The van der Waals surface area contributed by atoms with Crippen LogP contribution in [0.3, 0.4) is 0 Å². The molecule has 1 amide bonds. The molecule has 92 valence electrons. The van der Waals surface area contributed by atoms with Gasteiger partial charge in [0.05, 0.1) is 7.11 Å². The average Bonchev–Trinajstić information content (AvgIpc) is 2.46. The van der Waals surface area contributed by atoms with E-state index in [4.69, 9.17) is 4.74 Å². The highest BCUT2D eigenvalue weighted by Crippen LogP contribution is 2.32. The molecule has 2 heterocycles. The first-order chi connectivity index (χ1) is 8.11. The molecule has 6 heteroatoms. The highest BCUT2D eigenvalue weighted by molar-refractivity contribution is 5.97. The summed E-state index contributed by atoms with van der Waals surface area (Å²) in [6.45, 7) is 4.13. The third-order valence-corrected chi connectivity index (χ3v) is 2.80. The minimum atomic E-state index is -0.0527. The first-order valence-corrected chi connectivity index (χ1v) is 5.57. The second-order valence-corrected chi connectivity index (χ2v) is 4.35. The second-order valence-electron chi connectivity index (χ2n) is 4.35. The van der Waals surface area contributed by atoms with E-state index in [0.717, 1.165) is 0 Å². The first kappa shape index (κ1) is 11.6. The van der Waals surface area contributed by atoms with Gasteiger partial charge < -0.3 is 15.4 Å². The lowest BCUT2D eigenvalue weighted by Gasteiger charge is -2.19. The van der Waals surface area contributed by atoms with Gasteiger partial charge in [0.15, 0.2) is 5.82 Å². The minimum absolute atomic E-state index is 0.0527. The molecule has 2 rings (SSSR count). The summed E-state index contributed by atoms with van der Waals surface area (Å²) in [6.07, 6.45) is 1.83. The Morgan fingerprint density at radius 1 is 1.47 bits per heavy atom. The van der Waals surface area contributed by atoms with Crippen molar-refractivity contribution in [2.24, 2.45) is 5.92 Å². The zero-order valence-electron chi connectivity index (χ0n) is 10.2. The van der Waals surface area contributed by atoms with E-state index in [-0.39, 0.29) is 11.9 Å². The largest absolute Gasteiger partial charge is 0.479 e. The van der Waals surface area contributed by atoms with E-state index < -0.39 is 0 Å². The van der Waals surface area contributed by atoms with Crippen LogP contribution in [0.25, 0.3) is 0 Å². The Morgan fingerprint density at radius 3 is 2.88 bits per heavy atom. The maximum absolute atomic E-state index is 11.8. The van der Waals surface area contributed by atoms with Crippen LogP contribution in [0, 0.1) is 5.92 Å². The number of carbonyl (C=O) groups excluding carboxylic acids is 1. The smallest absolute Gasteiger partial charge is 0.242 e. The van der Waals surface area contributed by atoms with Gasteiger partial charge in [0.25, 0.3) is 0 Å². The van der Waals surface area contributed by atoms with Gasteiger partial charge in [0, 0.05) is 12.5 Å². The van der Waals surface area contributed by atoms with Crippen LogP contribution in [0.1, 0.15) is 20.3 Å². The highest BCUT2D eigenvalue weighted by Gasteiger charge is 2.26. The number of hydrogen-bond donors (Lipinski definition) is 2. The van der Waals surface area contributed by atoms with Gasteiger partial charge in [-0.05, 0) is 5.92 Å². The Kier molecular flexibility index (Phi) is 3.12. The van der Waals surface area contributed by atoms with E-state index in [9.17, 15) is 4.79 Å². The molecule has 1 unspecified atom stereocenters. The normalized spacial score (nSPS) is 19.1. The Hall–Kier alpha value is -1.85. The molecule has 1 aliphatic heterocycles. The van der Waals surface area contributed by atoms with E-state index in [1.54, 1.807) is 0 Å². The van der Waals surface area contributed by atoms with E-state index in [1.165, 1.54) is 13.4 Å². The molecule has 6 nitrogen and oxygen atoms in total. The number of methoxy groups -OCH3 is 1. The van der Waals surface area contributed by atoms with E-state index in [0.29, 0.717) is 29.7 Å². The maximum atomic E-state index is 11.8. The van der Waals surface area contributed by atoms with E-state index in [1.807, 2.05) is 0 Å². The fourth-order valence-electron chi connectivity index (χ4n) is 1.77. The summed E-state index contributed by atoms with van der Waals surface area (Å²) in [5.74, 6) is 1.28. The molecular weight excluding hydrogens is 220 g/mol. The number of nitrogens with zero attached hydrogens (tertiary/aromatic N) is 2. The van der Waals surface area contributed by atoms with Crippen molar-refractivity contribution >= 4 is 17.4 Å². The zero-order chi connectivity index (χ0) is 12.4. The van der Waals surface area contributed by atoms with Crippen molar-refractivity contribution < 1.29 is 9.53 Å². The van der Waals surface area contributed by atoms with Crippen molar-refractivity contribution in [2.45, 2.75) is 26.3 Å². The van der Waals surface area contributed by atoms with Gasteiger partial charge >= 0.3 is 0 Å². The quantitative estimate of drug-likeness (QED) is 0.808. The van der Waals surface area contributed by atoms with Gasteiger partial charge in [-0.3, -0.25) is 4.79 Å². The number of anilines is 2. The number of aromatic nitrogens is 2. The van der Waals surface area contributed by atoms with Gasteiger partial charge in [-0.1, -0.05) is 13.8 Å². The van der Waals surface area contributed by atoms with Gasteiger partial charge in [-0.2, -0.15) is 4.98 Å². The lowest BCUT2D eigenvalue weighted by molar-refractivity contribution is -0.116. The van der Waals surface area contributed by atoms with E-state index >= 15 is 0 Å². The van der Waals surface area contributed by atoms with E-state index in [2.05, 4.69) is 34.4 Å². The SMILES string of the molecule is COc1ncnc2c1NC(=O)CC(C(C)C)N2. The lowest BCUT2D eigenvalue weighted by Crippen LogP contribution is -2.28. The Morgan fingerprint density at radius 2 is 2.24 bits per heavy atom. The maximum Gasteiger partial charge on any atom is 0.242 e. The molecule has 0 spiro atoms. The standard InChI is InChI=1S/C11H16N4O2/c1-6(2)7-4-8(16)15-9-10(14-7)12-5-13-11(9)17-3/h5-7H,4H2,1-3H3,(H,15,16)(H,12,13,14). The van der Waals surface area contributed by atoms with Crippen LogP contribution < -0.4 is 15.4 Å². The molecule has 1 aromatic heterocycles. The summed E-state index contributed by atoms with van der Waals surface area (Å²) in [4.78, 5) is 19.9. The highest BCUT2D eigenvalue weighted by atomic mass is 16.5. The number of rotatable bonds is 2. The number of fused-ring (bicyclic) bond motifs is 1. The molecule has 1 atom stereocenters. The number of nitrogens with one attached hydrogen (secondary N) is 2. The molecular formula is C11H16N4O2. The minimum Gasteiger partial charge on any atom is -0.479 e. The van der Waals surface area contributed by atoms with Crippen LogP contribution in [0.5, 0.6) is 5.88 Å². The fourth-order valence-corrected chi connectivity index (χ4v) is 1.77. The number of carbonyl (C=O) groups is 1. The van der Waals surface area contributed by atoms with Crippen LogP contribution in [-0.2, 0) is 4.79 Å². The second kappa shape index (κ2) is 4.57. The summed E-state index contributed by atoms with van der Waals surface area (Å²) in [7, 11) is 1.51. The molecule has 0 radical (unpaired) electrons. The van der Waals surface area contributed by atoms with Gasteiger partial charge in [-0.25, -0.2) is 4.98 Å². The van der Waals surface area contributed by atoms with Gasteiger partial charge in [0.2, 0.25) is 11.8 Å². The monoisotopic (exact) mass is 236 g/mol. The van der Waals surface area contributed by atoms with Crippen molar-refractivity contribution in [3.63, 3.8) is 0 Å². The summed E-state index contributed by atoms with van der Waals surface area (Å²) in [5.41, 5.74) is 0.517. The number of amides is 1. The van der Waals surface area contributed by atoms with Crippen LogP contribution in [-0.4, -0.2) is 29.0 Å². The molecule has 1 aromatic rings. The fraction of sp³-hybridized carbons (Fsp3) is 0.545. The molecule has 0 aromatic carbocycles. The number of ether oxygens (including phenoxy) is 1. The molecule has 0 bridgehead atoms. The zero-order valence-corrected chi connectivity index (χ0v) is 10.2. The molecule has 1 aliphatic rings. The predicted octanol–water partition coefficient (Wildman–Crippen LogP) is 1.26. The summed E-state index contributed by atoms with van der Waals surface area (Å²) in [6, 6.07) is 0.0656. The van der Waals surface area contributed by atoms with Crippen LogP contribution in [0.4, 0.5) is 11.5 Å². The Bertz CT molecular complexity index is 433. The van der Waals surface area contributed by atoms with Gasteiger partial charge in [-0.15, -0.1) is 0 Å². The Labute approximate surface area is 99.8 Å². The molecule has 2 N–H and O–H groups in total.